The highest BCUT2D eigenvalue weighted by atomic mass is 16.6. The third-order valence-electron chi connectivity index (χ3n) is 2.45. The van der Waals surface area contributed by atoms with Gasteiger partial charge >= 0.3 is 5.69 Å². The first-order valence-electron chi connectivity index (χ1n) is 6.09. The highest BCUT2D eigenvalue weighted by molar-refractivity contribution is 5.58. The number of aromatic nitrogens is 2. The summed E-state index contributed by atoms with van der Waals surface area (Å²) in [5.41, 5.74) is 2.06. The van der Waals surface area contributed by atoms with Crippen LogP contribution in [0, 0.1) is 27.4 Å². The van der Waals surface area contributed by atoms with E-state index in [2.05, 4.69) is 15.4 Å². The van der Waals surface area contributed by atoms with Crippen molar-refractivity contribution >= 4 is 17.5 Å². The van der Waals surface area contributed by atoms with E-state index in [0.717, 1.165) is 6.20 Å². The lowest BCUT2D eigenvalue weighted by atomic mass is 10.2. The maximum atomic E-state index is 11.1. The van der Waals surface area contributed by atoms with Crippen LogP contribution in [0.5, 0.6) is 0 Å². The third-order valence-corrected chi connectivity index (χ3v) is 2.45. The fourth-order valence-electron chi connectivity index (χ4n) is 1.71. The first-order chi connectivity index (χ1) is 9.49. The van der Waals surface area contributed by atoms with Crippen LogP contribution in [-0.2, 0) is 0 Å². The second-order valence-electron chi connectivity index (χ2n) is 4.55. The number of nitrogens with two attached hydrogens (primary N) is 1. The SMILES string of the molecule is CC(C)CN(CCC#N)c1nc(NN)ncc1[N+](=O)[O-]. The van der Waals surface area contributed by atoms with E-state index in [1.54, 1.807) is 4.90 Å². The lowest BCUT2D eigenvalue weighted by Crippen LogP contribution is -2.30. The van der Waals surface area contributed by atoms with Gasteiger partial charge in [-0.3, -0.25) is 15.5 Å². The predicted molar refractivity (Wildman–Crippen MR) is 73.8 cm³/mol. The molecule has 0 aliphatic heterocycles. The van der Waals surface area contributed by atoms with Crippen molar-refractivity contribution in [1.29, 1.82) is 5.26 Å². The molecule has 3 N–H and O–H groups in total. The van der Waals surface area contributed by atoms with Gasteiger partial charge in [0, 0.05) is 13.1 Å². The smallest absolute Gasteiger partial charge is 0.329 e. The Morgan fingerprint density at radius 1 is 1.65 bits per heavy atom. The topological polar surface area (TPSA) is 134 Å². The Morgan fingerprint density at radius 3 is 2.85 bits per heavy atom. The van der Waals surface area contributed by atoms with Crippen LogP contribution < -0.4 is 16.2 Å². The Hall–Kier alpha value is -2.47. The van der Waals surface area contributed by atoms with Crippen LogP contribution in [0.25, 0.3) is 0 Å². The molecule has 0 amide bonds. The molecule has 0 radical (unpaired) electrons. The van der Waals surface area contributed by atoms with Crippen molar-refractivity contribution in [3.05, 3.63) is 16.3 Å². The Balaban J connectivity index is 3.20. The largest absolute Gasteiger partial charge is 0.349 e. The van der Waals surface area contributed by atoms with E-state index in [9.17, 15) is 10.1 Å². The first-order valence-corrected chi connectivity index (χ1v) is 6.09. The maximum Gasteiger partial charge on any atom is 0.329 e. The molecular weight excluding hydrogens is 262 g/mol. The Morgan fingerprint density at radius 2 is 2.35 bits per heavy atom. The normalized spacial score (nSPS) is 10.2. The van der Waals surface area contributed by atoms with E-state index in [0.29, 0.717) is 13.1 Å². The molecule has 20 heavy (non-hydrogen) atoms. The summed E-state index contributed by atoms with van der Waals surface area (Å²) in [4.78, 5) is 20.0. The van der Waals surface area contributed by atoms with Crippen molar-refractivity contribution in [2.45, 2.75) is 20.3 Å². The van der Waals surface area contributed by atoms with Gasteiger partial charge in [-0.2, -0.15) is 10.2 Å². The highest BCUT2D eigenvalue weighted by Crippen LogP contribution is 2.26. The van der Waals surface area contributed by atoms with Gasteiger partial charge in [0.05, 0.1) is 17.4 Å². The zero-order chi connectivity index (χ0) is 15.1. The van der Waals surface area contributed by atoms with Gasteiger partial charge in [0.15, 0.2) is 0 Å². The van der Waals surface area contributed by atoms with Gasteiger partial charge in [0.1, 0.15) is 6.20 Å². The third kappa shape index (κ3) is 4.03. The molecule has 9 nitrogen and oxygen atoms in total. The van der Waals surface area contributed by atoms with Gasteiger partial charge < -0.3 is 4.90 Å². The van der Waals surface area contributed by atoms with Crippen molar-refractivity contribution in [2.24, 2.45) is 11.8 Å². The van der Waals surface area contributed by atoms with Crippen LogP contribution in [0.4, 0.5) is 17.5 Å². The van der Waals surface area contributed by atoms with Crippen LogP contribution in [0.2, 0.25) is 0 Å². The van der Waals surface area contributed by atoms with Crippen molar-refractivity contribution in [2.75, 3.05) is 23.4 Å². The fourth-order valence-corrected chi connectivity index (χ4v) is 1.71. The number of nitrogens with zero attached hydrogens (tertiary/aromatic N) is 5. The van der Waals surface area contributed by atoms with Crippen LogP contribution in [0.3, 0.4) is 0 Å². The molecule has 0 saturated heterocycles. The average Bonchev–Trinajstić information content (AvgIpc) is 2.42. The van der Waals surface area contributed by atoms with Crippen LogP contribution in [-0.4, -0.2) is 28.0 Å². The van der Waals surface area contributed by atoms with Gasteiger partial charge in [-0.1, -0.05) is 13.8 Å². The summed E-state index contributed by atoms with van der Waals surface area (Å²) in [5.74, 6) is 5.75. The van der Waals surface area contributed by atoms with E-state index in [4.69, 9.17) is 11.1 Å². The summed E-state index contributed by atoms with van der Waals surface area (Å²) in [7, 11) is 0. The summed E-state index contributed by atoms with van der Waals surface area (Å²) in [5, 5.41) is 19.8. The number of hydrazine groups is 1. The Labute approximate surface area is 116 Å². The molecule has 1 rings (SSSR count). The molecule has 0 aromatic carbocycles. The Bertz CT molecular complexity index is 512. The number of nitriles is 1. The minimum Gasteiger partial charge on any atom is -0.349 e. The summed E-state index contributed by atoms with van der Waals surface area (Å²) in [6, 6.07) is 2.02. The molecule has 0 fully saturated rings. The molecule has 1 heterocycles. The monoisotopic (exact) mass is 279 g/mol. The summed E-state index contributed by atoms with van der Waals surface area (Å²) in [6.07, 6.45) is 1.36. The predicted octanol–water partition coefficient (Wildman–Crippen LogP) is 1.05. The average molecular weight is 279 g/mol. The van der Waals surface area contributed by atoms with E-state index >= 15 is 0 Å². The van der Waals surface area contributed by atoms with Crippen molar-refractivity contribution < 1.29 is 4.92 Å². The van der Waals surface area contributed by atoms with E-state index in [1.807, 2.05) is 19.9 Å². The van der Waals surface area contributed by atoms with Gasteiger partial charge in [-0.25, -0.2) is 10.8 Å². The standard InChI is InChI=1S/C11H17N7O2/c1-8(2)7-17(5-3-4-12)10-9(18(19)20)6-14-11(15-10)16-13/h6,8H,3,5,7,13H2,1-2H3,(H,14,15,16). The number of nitro groups is 1. The lowest BCUT2D eigenvalue weighted by Gasteiger charge is -2.24. The molecule has 0 spiro atoms. The molecule has 0 aliphatic rings. The van der Waals surface area contributed by atoms with Crippen molar-refractivity contribution in [1.82, 2.24) is 9.97 Å². The number of nitrogen functional groups attached to an aromatic ring is 1. The molecule has 0 bridgehead atoms. The molecule has 1 aromatic rings. The number of rotatable bonds is 7. The summed E-state index contributed by atoms with van der Waals surface area (Å²) < 4.78 is 0. The van der Waals surface area contributed by atoms with Crippen molar-refractivity contribution in [3.63, 3.8) is 0 Å². The summed E-state index contributed by atoms with van der Waals surface area (Å²) in [6.45, 7) is 4.86. The van der Waals surface area contributed by atoms with E-state index < -0.39 is 4.92 Å². The molecular formula is C11H17N7O2. The minimum absolute atomic E-state index is 0.0938. The van der Waals surface area contributed by atoms with E-state index in [-0.39, 0.29) is 29.8 Å². The van der Waals surface area contributed by atoms with Gasteiger partial charge in [0.2, 0.25) is 11.8 Å². The van der Waals surface area contributed by atoms with Crippen LogP contribution in [0.15, 0.2) is 6.20 Å². The zero-order valence-corrected chi connectivity index (χ0v) is 11.4. The lowest BCUT2D eigenvalue weighted by molar-refractivity contribution is -0.384. The van der Waals surface area contributed by atoms with E-state index in [1.165, 1.54) is 0 Å². The number of anilines is 2. The quantitative estimate of drug-likeness (QED) is 0.429. The number of nitrogens with one attached hydrogen (secondary N) is 1. The van der Waals surface area contributed by atoms with Gasteiger partial charge in [-0.05, 0) is 5.92 Å². The van der Waals surface area contributed by atoms with Crippen LogP contribution in [0.1, 0.15) is 20.3 Å². The zero-order valence-electron chi connectivity index (χ0n) is 11.4. The van der Waals surface area contributed by atoms with Crippen molar-refractivity contribution in [3.8, 4) is 6.07 Å². The van der Waals surface area contributed by atoms with Gasteiger partial charge in [-0.15, -0.1) is 0 Å². The molecule has 0 saturated carbocycles. The summed E-state index contributed by atoms with van der Waals surface area (Å²) >= 11 is 0. The molecule has 1 aromatic heterocycles. The highest BCUT2D eigenvalue weighted by Gasteiger charge is 2.23. The second kappa shape index (κ2) is 7.20. The molecule has 0 aliphatic carbocycles. The second-order valence-corrected chi connectivity index (χ2v) is 4.55. The Kier molecular flexibility index (Phi) is 5.61. The number of hydrogen-bond acceptors (Lipinski definition) is 8. The van der Waals surface area contributed by atoms with Gasteiger partial charge in [0.25, 0.3) is 0 Å². The molecule has 0 unspecified atom stereocenters. The number of hydrogen-bond donors (Lipinski definition) is 2. The fraction of sp³-hybridized carbons (Fsp3) is 0.545. The first kappa shape index (κ1) is 15.6. The maximum absolute atomic E-state index is 11.1. The van der Waals surface area contributed by atoms with Crippen LogP contribution >= 0.6 is 0 Å². The molecule has 9 heteroatoms. The molecule has 0 atom stereocenters. The molecule has 108 valence electrons. The minimum atomic E-state index is -0.546.